The molecule has 6 aromatic rings. The van der Waals surface area contributed by atoms with Crippen LogP contribution in [0.4, 0.5) is 11.4 Å². The Labute approximate surface area is 311 Å². The van der Waals surface area contributed by atoms with Crippen LogP contribution in [0.5, 0.6) is 0 Å². The molecule has 0 aliphatic heterocycles. The minimum atomic E-state index is -0.106. The molecule has 0 spiro atoms. The van der Waals surface area contributed by atoms with Crippen LogP contribution in [0.25, 0.3) is 22.8 Å². The van der Waals surface area contributed by atoms with Crippen LogP contribution in [0.15, 0.2) is 108 Å². The summed E-state index contributed by atoms with van der Waals surface area (Å²) in [5.41, 5.74) is 5.78. The number of carbonyl (C=O) groups excluding carboxylic acids is 2. The van der Waals surface area contributed by atoms with E-state index in [9.17, 15) is 9.59 Å². The summed E-state index contributed by atoms with van der Waals surface area (Å²) in [6.07, 6.45) is 9.35. The molecule has 12 nitrogen and oxygen atoms in total. The van der Waals surface area contributed by atoms with Gasteiger partial charge >= 0.3 is 0 Å². The highest BCUT2D eigenvalue weighted by molar-refractivity contribution is 8.00. The average molecular weight is 734 g/mol. The number of carbonyl (C=O) groups is 2. The number of anilines is 2. The number of rotatable bonds is 16. The van der Waals surface area contributed by atoms with Gasteiger partial charge in [-0.15, -0.1) is 20.4 Å². The van der Waals surface area contributed by atoms with Gasteiger partial charge in [0.1, 0.15) is 0 Å². The Hall–Kier alpha value is -5.34. The van der Waals surface area contributed by atoms with Crippen LogP contribution in [-0.2, 0) is 42.1 Å². The number of amides is 2. The van der Waals surface area contributed by atoms with Gasteiger partial charge in [-0.2, -0.15) is 0 Å². The monoisotopic (exact) mass is 733 g/mol. The molecule has 0 aliphatic carbocycles. The molecule has 0 bridgehead atoms. The number of thioether (sulfide) groups is 2. The molecule has 14 heteroatoms. The highest BCUT2D eigenvalue weighted by Crippen LogP contribution is 2.25. The summed E-state index contributed by atoms with van der Waals surface area (Å²) in [4.78, 5) is 29.5. The second-order valence-corrected chi connectivity index (χ2v) is 13.7. The van der Waals surface area contributed by atoms with Crippen molar-refractivity contribution < 1.29 is 14.2 Å². The molecule has 0 atom stereocenters. The zero-order valence-corrected chi connectivity index (χ0v) is 31.0. The van der Waals surface area contributed by atoms with Gasteiger partial charge in [-0.3, -0.25) is 14.6 Å². The lowest BCUT2D eigenvalue weighted by molar-refractivity contribution is -0.696. The quantitative estimate of drug-likeness (QED) is 0.0882. The number of aromatic nitrogens is 8. The summed E-state index contributed by atoms with van der Waals surface area (Å²) in [5.74, 6) is 1.78. The largest absolute Gasteiger partial charge is 0.325 e. The lowest BCUT2D eigenvalue weighted by Crippen LogP contribution is -2.33. The summed E-state index contributed by atoms with van der Waals surface area (Å²) in [5, 5.41) is 24.8. The van der Waals surface area contributed by atoms with Crippen molar-refractivity contribution in [2.24, 2.45) is 0 Å². The third kappa shape index (κ3) is 9.30. The predicted octanol–water partition coefficient (Wildman–Crippen LogP) is 6.19. The number of aryl methyl sites for hydroxylation is 3. The Kier molecular flexibility index (Phi) is 12.4. The van der Waals surface area contributed by atoms with Gasteiger partial charge in [0.15, 0.2) is 40.9 Å². The number of hydrogen-bond donors (Lipinski definition) is 2. The van der Waals surface area contributed by atoms with Gasteiger partial charge in [-0.25, -0.2) is 4.57 Å². The lowest BCUT2D eigenvalue weighted by atomic mass is 10.1. The number of nitrogens with one attached hydrogen (secondary N) is 2. The summed E-state index contributed by atoms with van der Waals surface area (Å²) in [6.45, 7) is 8.34. The fourth-order valence-corrected chi connectivity index (χ4v) is 7.13. The third-order valence-electron chi connectivity index (χ3n) is 8.34. The summed E-state index contributed by atoms with van der Waals surface area (Å²) >= 11 is 2.74. The summed E-state index contributed by atoms with van der Waals surface area (Å²) in [7, 11) is 0. The van der Waals surface area contributed by atoms with Crippen molar-refractivity contribution in [2.75, 3.05) is 22.1 Å². The first-order chi connectivity index (χ1) is 25.4. The van der Waals surface area contributed by atoms with E-state index >= 15 is 0 Å². The van der Waals surface area contributed by atoms with Crippen molar-refractivity contribution >= 4 is 46.7 Å². The molecule has 2 N–H and O–H groups in total. The second kappa shape index (κ2) is 17.7. The van der Waals surface area contributed by atoms with Gasteiger partial charge in [0.05, 0.1) is 11.5 Å². The first-order valence-corrected chi connectivity index (χ1v) is 19.2. The lowest BCUT2D eigenvalue weighted by Gasteiger charge is -2.08. The van der Waals surface area contributed by atoms with Crippen LogP contribution in [0.1, 0.15) is 31.9 Å². The highest BCUT2D eigenvalue weighted by atomic mass is 32.2. The first kappa shape index (κ1) is 36.5. The standard InChI is InChI=1S/C38H40N10O2S2/c1-4-27-9-13-31(14-10-27)40-33(49)25-51-37-44-42-35(47(37)5-2)29-18-22-46(23-19-29)21-17-28-11-15-32(16-12-28)41-34(50)26-52-38-45-43-36(48(38)6-3)30-8-7-20-39-24-30/h7-16,18-20,22-24H,4-6,17,21,25-26H2,1-3H3,(H-,40,41,49,50)/p+1. The van der Waals surface area contributed by atoms with Crippen molar-refractivity contribution in [3.63, 3.8) is 0 Å². The molecule has 0 radical (unpaired) electrons. The van der Waals surface area contributed by atoms with Gasteiger partial charge in [-0.1, -0.05) is 54.7 Å². The van der Waals surface area contributed by atoms with Crippen molar-refractivity contribution in [2.45, 2.75) is 63.6 Å². The molecule has 4 aromatic heterocycles. The van der Waals surface area contributed by atoms with Gasteiger partial charge < -0.3 is 19.8 Å². The van der Waals surface area contributed by atoms with Crippen LogP contribution in [-0.4, -0.2) is 57.8 Å². The smallest absolute Gasteiger partial charge is 0.234 e. The van der Waals surface area contributed by atoms with E-state index in [0.717, 1.165) is 59.1 Å². The van der Waals surface area contributed by atoms with E-state index in [2.05, 4.69) is 47.5 Å². The number of benzene rings is 2. The predicted molar refractivity (Wildman–Crippen MR) is 205 cm³/mol. The van der Waals surface area contributed by atoms with Gasteiger partial charge in [0.2, 0.25) is 11.8 Å². The molecule has 0 unspecified atom stereocenters. The van der Waals surface area contributed by atoms with Crippen LogP contribution in [0.3, 0.4) is 0 Å². The zero-order valence-electron chi connectivity index (χ0n) is 29.4. The SMILES string of the molecule is CCc1ccc(NC(=O)CSc2nnc(-c3cc[n+](CCc4ccc(NC(=O)CSc5nnc(-c6cccnc6)n5CC)cc4)cc3)n2CC)cc1. The molecule has 4 heterocycles. The molecule has 2 amide bonds. The molecule has 6 rings (SSSR count). The fourth-order valence-electron chi connectivity index (χ4n) is 5.53. The van der Waals surface area contributed by atoms with Gasteiger partial charge in [0, 0.05) is 66.5 Å². The van der Waals surface area contributed by atoms with Crippen molar-refractivity contribution in [1.29, 1.82) is 0 Å². The maximum absolute atomic E-state index is 12.7. The molecule has 52 heavy (non-hydrogen) atoms. The molecular formula is C38H41N10O2S2+. The summed E-state index contributed by atoms with van der Waals surface area (Å²) < 4.78 is 6.15. The van der Waals surface area contributed by atoms with Crippen LogP contribution in [0, 0.1) is 0 Å². The van der Waals surface area contributed by atoms with E-state index in [4.69, 9.17) is 0 Å². The fraction of sp³-hybridized carbons (Fsp3) is 0.263. The molecule has 2 aromatic carbocycles. The molecule has 0 saturated carbocycles. The second-order valence-electron chi connectivity index (χ2n) is 11.8. The minimum absolute atomic E-state index is 0.0815. The average Bonchev–Trinajstić information content (AvgIpc) is 3.80. The molecule has 0 aliphatic rings. The number of nitrogens with zero attached hydrogens (tertiary/aromatic N) is 8. The van der Waals surface area contributed by atoms with E-state index in [1.54, 1.807) is 12.4 Å². The molecule has 0 saturated heterocycles. The number of hydrogen-bond acceptors (Lipinski definition) is 9. The van der Waals surface area contributed by atoms with Gasteiger partial charge in [0.25, 0.3) is 0 Å². The normalized spacial score (nSPS) is 11.1. The van der Waals surface area contributed by atoms with Crippen LogP contribution in [0.2, 0.25) is 0 Å². The summed E-state index contributed by atoms with van der Waals surface area (Å²) in [6, 6.07) is 23.7. The first-order valence-electron chi connectivity index (χ1n) is 17.2. The van der Waals surface area contributed by atoms with E-state index in [0.29, 0.717) is 23.4 Å². The highest BCUT2D eigenvalue weighted by Gasteiger charge is 2.17. The molecular weight excluding hydrogens is 693 g/mol. The van der Waals surface area contributed by atoms with E-state index in [1.807, 2.05) is 108 Å². The maximum atomic E-state index is 12.7. The van der Waals surface area contributed by atoms with Gasteiger partial charge in [-0.05, 0) is 67.8 Å². The minimum Gasteiger partial charge on any atom is -0.325 e. The van der Waals surface area contributed by atoms with E-state index in [1.165, 1.54) is 29.1 Å². The number of pyridine rings is 2. The van der Waals surface area contributed by atoms with Crippen LogP contribution >= 0.6 is 23.5 Å². The van der Waals surface area contributed by atoms with Crippen molar-refractivity contribution in [3.8, 4) is 22.8 Å². The Morgan fingerprint density at radius 2 is 1.21 bits per heavy atom. The molecule has 0 fully saturated rings. The molecule has 266 valence electrons. The third-order valence-corrected chi connectivity index (χ3v) is 10.3. The Morgan fingerprint density at radius 1 is 0.673 bits per heavy atom. The Balaban J connectivity index is 0.964. The Bertz CT molecular complexity index is 2080. The van der Waals surface area contributed by atoms with E-state index < -0.39 is 0 Å². The Morgan fingerprint density at radius 3 is 1.71 bits per heavy atom. The van der Waals surface area contributed by atoms with Crippen molar-refractivity contribution in [3.05, 3.63) is 109 Å². The van der Waals surface area contributed by atoms with Crippen LogP contribution < -0.4 is 15.2 Å². The van der Waals surface area contributed by atoms with E-state index in [-0.39, 0.29) is 23.3 Å². The topological polar surface area (TPSA) is 136 Å². The maximum Gasteiger partial charge on any atom is 0.234 e. The van der Waals surface area contributed by atoms with Crippen molar-refractivity contribution in [1.82, 2.24) is 34.5 Å². The zero-order chi connectivity index (χ0) is 36.3.